The van der Waals surface area contributed by atoms with Crippen molar-refractivity contribution in [1.82, 2.24) is 9.88 Å². The summed E-state index contributed by atoms with van der Waals surface area (Å²) >= 11 is 0. The highest BCUT2D eigenvalue weighted by Crippen LogP contribution is 2.31. The van der Waals surface area contributed by atoms with Gasteiger partial charge in [0.05, 0.1) is 31.2 Å². The van der Waals surface area contributed by atoms with E-state index in [1.54, 1.807) is 12.3 Å². The minimum absolute atomic E-state index is 0.0291. The van der Waals surface area contributed by atoms with Crippen molar-refractivity contribution in [1.29, 1.82) is 0 Å². The number of nitrogens with zero attached hydrogens (tertiary/aromatic N) is 2. The van der Waals surface area contributed by atoms with Crippen LogP contribution < -0.4 is 5.32 Å². The molecule has 7 nitrogen and oxygen atoms in total. The lowest BCUT2D eigenvalue weighted by atomic mass is 10.0. The fourth-order valence-corrected chi connectivity index (χ4v) is 3.66. The number of ether oxygens (including phenoxy) is 3. The summed E-state index contributed by atoms with van der Waals surface area (Å²) in [5.41, 5.74) is 1.39. The molecule has 1 unspecified atom stereocenters. The predicted octanol–water partition coefficient (Wildman–Crippen LogP) is 1.65. The zero-order valence-corrected chi connectivity index (χ0v) is 14.4. The zero-order chi connectivity index (χ0) is 17.1. The molecule has 0 aromatic carbocycles. The van der Waals surface area contributed by atoms with E-state index in [0.29, 0.717) is 32.0 Å². The Bertz CT molecular complexity index is 585. The summed E-state index contributed by atoms with van der Waals surface area (Å²) in [6.07, 6.45) is 5.67. The van der Waals surface area contributed by atoms with Gasteiger partial charge in [0.1, 0.15) is 5.69 Å². The van der Waals surface area contributed by atoms with E-state index in [4.69, 9.17) is 14.2 Å². The minimum atomic E-state index is -0.458. The van der Waals surface area contributed by atoms with E-state index in [2.05, 4.69) is 10.3 Å². The van der Waals surface area contributed by atoms with Crippen molar-refractivity contribution in [2.75, 3.05) is 44.8 Å². The molecule has 4 heterocycles. The highest BCUT2D eigenvalue weighted by Gasteiger charge is 2.41. The molecule has 4 rings (SSSR count). The van der Waals surface area contributed by atoms with Crippen LogP contribution in [0.15, 0.2) is 18.3 Å². The highest BCUT2D eigenvalue weighted by atomic mass is 16.7. The molecule has 136 valence electrons. The monoisotopic (exact) mass is 347 g/mol. The molecule has 1 aromatic heterocycles. The molecule has 3 aliphatic heterocycles. The van der Waals surface area contributed by atoms with Crippen molar-refractivity contribution >= 4 is 11.6 Å². The Balaban J connectivity index is 1.30. The van der Waals surface area contributed by atoms with Crippen LogP contribution in [-0.4, -0.2) is 67.1 Å². The van der Waals surface area contributed by atoms with Crippen LogP contribution in [0, 0.1) is 0 Å². The number of piperidine rings is 1. The molecular weight excluding hydrogens is 322 g/mol. The Morgan fingerprint density at radius 1 is 1.24 bits per heavy atom. The first-order valence-electron chi connectivity index (χ1n) is 9.13. The van der Waals surface area contributed by atoms with Crippen LogP contribution in [0.4, 0.5) is 5.69 Å². The normalized spacial score (nSPS) is 25.4. The number of carbonyl (C=O) groups excluding carboxylic acids is 1. The molecule has 0 bridgehead atoms. The largest absolute Gasteiger partial charge is 0.381 e. The molecule has 7 heteroatoms. The second-order valence-electron chi connectivity index (χ2n) is 6.85. The first-order chi connectivity index (χ1) is 12.2. The Hall–Kier alpha value is -1.70. The molecule has 1 N–H and O–H groups in total. The van der Waals surface area contributed by atoms with Crippen molar-refractivity contribution in [3.63, 3.8) is 0 Å². The first kappa shape index (κ1) is 16.8. The molecule has 1 spiro atoms. The number of rotatable bonds is 4. The van der Waals surface area contributed by atoms with Gasteiger partial charge in [-0.3, -0.25) is 4.79 Å². The average molecular weight is 347 g/mol. The van der Waals surface area contributed by atoms with E-state index >= 15 is 0 Å². The van der Waals surface area contributed by atoms with Crippen LogP contribution in [-0.2, 0) is 14.2 Å². The molecule has 3 saturated heterocycles. The third-order valence-corrected chi connectivity index (χ3v) is 5.17. The van der Waals surface area contributed by atoms with Gasteiger partial charge in [-0.1, -0.05) is 0 Å². The van der Waals surface area contributed by atoms with Gasteiger partial charge < -0.3 is 24.4 Å². The molecule has 3 aliphatic rings. The van der Waals surface area contributed by atoms with Gasteiger partial charge in [0.25, 0.3) is 5.91 Å². The number of carbonyl (C=O) groups is 1. The number of hydrogen-bond donors (Lipinski definition) is 1. The Morgan fingerprint density at radius 3 is 2.68 bits per heavy atom. The van der Waals surface area contributed by atoms with Crippen LogP contribution in [0.1, 0.15) is 36.2 Å². The topological polar surface area (TPSA) is 72.9 Å². The lowest BCUT2D eigenvalue weighted by Gasteiger charge is -2.37. The molecular formula is C18H25N3O4. The smallest absolute Gasteiger partial charge is 0.272 e. The SMILES string of the molecule is O=C(c1ccc(NCC2CCCO2)cn1)N1CCC2(CC1)OCCO2. The number of anilines is 1. The Morgan fingerprint density at radius 2 is 2.04 bits per heavy atom. The van der Waals surface area contributed by atoms with Gasteiger partial charge in [-0.25, -0.2) is 4.98 Å². The predicted molar refractivity (Wildman–Crippen MR) is 91.5 cm³/mol. The second-order valence-corrected chi connectivity index (χ2v) is 6.85. The van der Waals surface area contributed by atoms with Gasteiger partial charge in [-0.05, 0) is 25.0 Å². The standard InChI is InChI=1S/C18H25N3O4/c22-17(21-7-5-18(6-8-21)24-10-11-25-18)16-4-3-14(12-20-16)19-13-15-2-1-9-23-15/h3-4,12,15,19H,1-2,5-11,13H2. The lowest BCUT2D eigenvalue weighted by Crippen LogP contribution is -2.47. The average Bonchev–Trinajstić information content (AvgIpc) is 3.33. The summed E-state index contributed by atoms with van der Waals surface area (Å²) < 4.78 is 17.0. The summed E-state index contributed by atoms with van der Waals surface area (Å²) in [6, 6.07) is 3.69. The number of hydrogen-bond acceptors (Lipinski definition) is 6. The van der Waals surface area contributed by atoms with Gasteiger partial charge in [-0.2, -0.15) is 0 Å². The zero-order valence-electron chi connectivity index (χ0n) is 14.4. The molecule has 1 amide bonds. The molecule has 3 fully saturated rings. The van der Waals surface area contributed by atoms with E-state index in [0.717, 1.165) is 44.5 Å². The maximum Gasteiger partial charge on any atom is 0.272 e. The first-order valence-corrected chi connectivity index (χ1v) is 9.13. The van der Waals surface area contributed by atoms with E-state index in [9.17, 15) is 4.79 Å². The van der Waals surface area contributed by atoms with E-state index < -0.39 is 5.79 Å². The number of likely N-dealkylation sites (tertiary alicyclic amines) is 1. The van der Waals surface area contributed by atoms with Gasteiger partial charge >= 0.3 is 0 Å². The summed E-state index contributed by atoms with van der Waals surface area (Å²) in [5.74, 6) is -0.487. The molecule has 0 radical (unpaired) electrons. The van der Waals surface area contributed by atoms with E-state index in [-0.39, 0.29) is 12.0 Å². The van der Waals surface area contributed by atoms with Crippen LogP contribution in [0.3, 0.4) is 0 Å². The minimum Gasteiger partial charge on any atom is -0.381 e. The van der Waals surface area contributed by atoms with Crippen molar-refractivity contribution in [3.05, 3.63) is 24.0 Å². The van der Waals surface area contributed by atoms with Crippen LogP contribution in [0.5, 0.6) is 0 Å². The van der Waals surface area contributed by atoms with Crippen LogP contribution >= 0.6 is 0 Å². The quantitative estimate of drug-likeness (QED) is 0.893. The van der Waals surface area contributed by atoms with Gasteiger partial charge in [0.2, 0.25) is 0 Å². The number of nitrogens with one attached hydrogen (secondary N) is 1. The van der Waals surface area contributed by atoms with Gasteiger partial charge in [-0.15, -0.1) is 0 Å². The van der Waals surface area contributed by atoms with Crippen molar-refractivity contribution in [3.8, 4) is 0 Å². The third-order valence-electron chi connectivity index (χ3n) is 5.17. The molecule has 25 heavy (non-hydrogen) atoms. The van der Waals surface area contributed by atoms with E-state index in [1.807, 2.05) is 11.0 Å². The summed E-state index contributed by atoms with van der Waals surface area (Å²) in [6.45, 7) is 4.21. The maximum atomic E-state index is 12.6. The summed E-state index contributed by atoms with van der Waals surface area (Å²) in [4.78, 5) is 18.8. The maximum absolute atomic E-state index is 12.6. The van der Waals surface area contributed by atoms with E-state index in [1.165, 1.54) is 0 Å². The molecule has 0 saturated carbocycles. The number of amides is 1. The number of pyridine rings is 1. The van der Waals surface area contributed by atoms with Gasteiger partial charge in [0, 0.05) is 39.1 Å². The highest BCUT2D eigenvalue weighted by molar-refractivity contribution is 5.92. The fourth-order valence-electron chi connectivity index (χ4n) is 3.66. The molecule has 1 atom stereocenters. The van der Waals surface area contributed by atoms with Crippen molar-refractivity contribution in [2.24, 2.45) is 0 Å². The van der Waals surface area contributed by atoms with Crippen molar-refractivity contribution < 1.29 is 19.0 Å². The second kappa shape index (κ2) is 7.27. The van der Waals surface area contributed by atoms with Crippen LogP contribution in [0.2, 0.25) is 0 Å². The Kier molecular flexibility index (Phi) is 4.87. The fraction of sp³-hybridized carbons (Fsp3) is 0.667. The Labute approximate surface area is 147 Å². The van der Waals surface area contributed by atoms with Crippen LogP contribution in [0.25, 0.3) is 0 Å². The third kappa shape index (κ3) is 3.78. The summed E-state index contributed by atoms with van der Waals surface area (Å²) in [7, 11) is 0. The molecule has 0 aliphatic carbocycles. The molecule has 1 aromatic rings. The number of aromatic nitrogens is 1. The van der Waals surface area contributed by atoms with Crippen molar-refractivity contribution in [2.45, 2.75) is 37.6 Å². The summed E-state index contributed by atoms with van der Waals surface area (Å²) in [5, 5.41) is 3.32. The lowest BCUT2D eigenvalue weighted by molar-refractivity contribution is -0.181. The van der Waals surface area contributed by atoms with Gasteiger partial charge in [0.15, 0.2) is 5.79 Å².